The van der Waals surface area contributed by atoms with Gasteiger partial charge in [0.1, 0.15) is 12.4 Å². The average molecular weight is 400 g/mol. The van der Waals surface area contributed by atoms with Gasteiger partial charge in [-0.25, -0.2) is 0 Å². The number of aliphatic hydroxyl groups excluding tert-OH is 1. The number of nitrogens with zero attached hydrogens (tertiary/aromatic N) is 2. The molecule has 0 amide bonds. The first-order chi connectivity index (χ1) is 14.7. The predicted octanol–water partition coefficient (Wildman–Crippen LogP) is 4.44. The van der Waals surface area contributed by atoms with Gasteiger partial charge in [0.25, 0.3) is 5.56 Å². The molecule has 0 saturated heterocycles. The van der Waals surface area contributed by atoms with Gasteiger partial charge >= 0.3 is 0 Å². The van der Waals surface area contributed by atoms with Gasteiger partial charge < -0.3 is 14.4 Å². The lowest BCUT2D eigenvalue weighted by molar-refractivity contribution is 0.0738. The second kappa shape index (κ2) is 8.98. The molecule has 1 aliphatic rings. The maximum Gasteiger partial charge on any atom is 0.251 e. The minimum absolute atomic E-state index is 0.116. The Balaban J connectivity index is 1.58. The van der Waals surface area contributed by atoms with Gasteiger partial charge in [0.15, 0.2) is 0 Å². The van der Waals surface area contributed by atoms with Crippen molar-refractivity contribution >= 4 is 0 Å². The van der Waals surface area contributed by atoms with E-state index in [0.717, 1.165) is 42.4 Å². The molecule has 0 aliphatic heterocycles. The molecule has 30 heavy (non-hydrogen) atoms. The highest BCUT2D eigenvalue weighted by Crippen LogP contribution is 2.31. The van der Waals surface area contributed by atoms with Crippen molar-refractivity contribution in [3.05, 3.63) is 88.3 Å². The number of hydrogen-bond donors (Lipinski definition) is 1. The highest BCUT2D eigenvalue weighted by atomic mass is 16.5. The number of benzene rings is 2. The van der Waals surface area contributed by atoms with Crippen LogP contribution in [0.3, 0.4) is 0 Å². The molecule has 3 aromatic rings. The van der Waals surface area contributed by atoms with Gasteiger partial charge in [0.2, 0.25) is 0 Å². The Hall–Kier alpha value is -3.36. The molecule has 2 atom stereocenters. The van der Waals surface area contributed by atoms with Crippen LogP contribution in [-0.2, 0) is 6.61 Å². The molecule has 1 aromatic heterocycles. The van der Waals surface area contributed by atoms with Gasteiger partial charge in [0, 0.05) is 17.8 Å². The van der Waals surface area contributed by atoms with Crippen LogP contribution in [0.1, 0.15) is 42.9 Å². The number of para-hydroxylation sites is 1. The zero-order chi connectivity index (χ0) is 20.9. The molecule has 152 valence electrons. The Kier molecular flexibility index (Phi) is 5.97. The van der Waals surface area contributed by atoms with Crippen molar-refractivity contribution < 1.29 is 9.84 Å². The summed E-state index contributed by atoms with van der Waals surface area (Å²) in [5, 5.41) is 19.4. The maximum absolute atomic E-state index is 12.8. The van der Waals surface area contributed by atoms with Crippen molar-refractivity contribution in [2.45, 2.75) is 44.4 Å². The summed E-state index contributed by atoms with van der Waals surface area (Å²) >= 11 is 0. The molecule has 1 saturated carbocycles. The highest BCUT2D eigenvalue weighted by molar-refractivity contribution is 5.69. The van der Waals surface area contributed by atoms with E-state index < -0.39 is 6.10 Å². The quantitative estimate of drug-likeness (QED) is 0.687. The predicted molar refractivity (Wildman–Crippen MR) is 115 cm³/mol. The summed E-state index contributed by atoms with van der Waals surface area (Å²) in [6.07, 6.45) is 4.91. The van der Waals surface area contributed by atoms with Crippen molar-refractivity contribution in [3.63, 3.8) is 0 Å². The lowest BCUT2D eigenvalue weighted by Crippen LogP contribution is -2.34. The summed E-state index contributed by atoms with van der Waals surface area (Å²) < 4.78 is 7.68. The Labute approximate surface area is 175 Å². The van der Waals surface area contributed by atoms with Crippen LogP contribution in [0.25, 0.3) is 11.1 Å². The van der Waals surface area contributed by atoms with Gasteiger partial charge in [-0.3, -0.25) is 4.79 Å². The van der Waals surface area contributed by atoms with Crippen LogP contribution in [0.4, 0.5) is 0 Å². The largest absolute Gasteiger partial charge is 0.488 e. The number of aliphatic hydroxyl groups is 1. The zero-order valence-electron chi connectivity index (χ0n) is 16.7. The van der Waals surface area contributed by atoms with Gasteiger partial charge in [-0.1, -0.05) is 43.2 Å². The first kappa shape index (κ1) is 19.9. The topological polar surface area (TPSA) is 75.2 Å². The second-order valence-electron chi connectivity index (χ2n) is 7.68. The molecule has 1 fully saturated rings. The molecule has 0 radical (unpaired) electrons. The molecule has 5 nitrogen and oxygen atoms in total. The zero-order valence-corrected chi connectivity index (χ0v) is 16.7. The molecule has 1 N–H and O–H groups in total. The van der Waals surface area contributed by atoms with E-state index in [1.165, 1.54) is 0 Å². The number of ether oxygens (including phenoxy) is 1. The number of rotatable bonds is 5. The molecule has 0 bridgehead atoms. The average Bonchev–Trinajstić information content (AvgIpc) is 2.78. The Bertz CT molecular complexity index is 1130. The lowest BCUT2D eigenvalue weighted by atomic mass is 9.92. The first-order valence-corrected chi connectivity index (χ1v) is 10.3. The molecular formula is C25H24N2O3. The molecule has 4 rings (SSSR count). The van der Waals surface area contributed by atoms with E-state index in [0.29, 0.717) is 17.9 Å². The molecule has 1 heterocycles. The third kappa shape index (κ3) is 4.29. The molecule has 1 aliphatic carbocycles. The van der Waals surface area contributed by atoms with Crippen molar-refractivity contribution in [1.29, 1.82) is 5.26 Å². The third-order valence-corrected chi connectivity index (χ3v) is 5.65. The van der Waals surface area contributed by atoms with E-state index in [2.05, 4.69) is 6.07 Å². The van der Waals surface area contributed by atoms with Gasteiger partial charge in [0.05, 0.1) is 23.8 Å². The van der Waals surface area contributed by atoms with Gasteiger partial charge in [-0.15, -0.1) is 0 Å². The smallest absolute Gasteiger partial charge is 0.251 e. The summed E-state index contributed by atoms with van der Waals surface area (Å²) in [7, 11) is 0. The number of pyridine rings is 1. The fraction of sp³-hybridized carbons (Fsp3) is 0.280. The molecule has 0 spiro atoms. The lowest BCUT2D eigenvalue weighted by Gasteiger charge is -2.29. The Morgan fingerprint density at radius 3 is 2.70 bits per heavy atom. The monoisotopic (exact) mass is 400 g/mol. The fourth-order valence-electron chi connectivity index (χ4n) is 4.07. The van der Waals surface area contributed by atoms with Crippen LogP contribution in [0, 0.1) is 11.3 Å². The van der Waals surface area contributed by atoms with E-state index in [1.54, 1.807) is 29.0 Å². The third-order valence-electron chi connectivity index (χ3n) is 5.65. The summed E-state index contributed by atoms with van der Waals surface area (Å²) in [5.74, 6) is 0.676. The molecule has 5 heteroatoms. The summed E-state index contributed by atoms with van der Waals surface area (Å²) in [6, 6.07) is 20.4. The molecule has 0 unspecified atom stereocenters. The van der Waals surface area contributed by atoms with Crippen molar-refractivity contribution in [2.24, 2.45) is 0 Å². The maximum atomic E-state index is 12.8. The van der Waals surface area contributed by atoms with E-state index in [-0.39, 0.29) is 11.6 Å². The minimum Gasteiger partial charge on any atom is -0.488 e. The fourth-order valence-corrected chi connectivity index (χ4v) is 4.07. The van der Waals surface area contributed by atoms with Gasteiger partial charge in [-0.05, 0) is 48.2 Å². The second-order valence-corrected chi connectivity index (χ2v) is 7.68. The van der Waals surface area contributed by atoms with Crippen molar-refractivity contribution in [1.82, 2.24) is 4.57 Å². The van der Waals surface area contributed by atoms with E-state index in [9.17, 15) is 9.90 Å². The van der Waals surface area contributed by atoms with E-state index >= 15 is 0 Å². The first-order valence-electron chi connectivity index (χ1n) is 10.3. The van der Waals surface area contributed by atoms with Crippen LogP contribution in [0.15, 0.2) is 71.7 Å². The van der Waals surface area contributed by atoms with Crippen molar-refractivity contribution in [3.8, 4) is 22.9 Å². The number of hydrogen-bond acceptors (Lipinski definition) is 4. The SMILES string of the molecule is N#Cc1cccc(COc2ccccc2-c2ccn([C@H]3CCCC[C@@H]3O)c(=O)c2)c1. The van der Waals surface area contributed by atoms with E-state index in [1.807, 2.05) is 42.5 Å². The van der Waals surface area contributed by atoms with Gasteiger partial charge in [-0.2, -0.15) is 5.26 Å². The van der Waals surface area contributed by atoms with Crippen LogP contribution in [0.5, 0.6) is 5.75 Å². The summed E-state index contributed by atoms with van der Waals surface area (Å²) in [6.45, 7) is 0.331. The summed E-state index contributed by atoms with van der Waals surface area (Å²) in [4.78, 5) is 12.8. The van der Waals surface area contributed by atoms with Crippen LogP contribution in [-0.4, -0.2) is 15.8 Å². The van der Waals surface area contributed by atoms with Crippen LogP contribution in [0.2, 0.25) is 0 Å². The van der Waals surface area contributed by atoms with Crippen LogP contribution >= 0.6 is 0 Å². The number of nitriles is 1. The number of aromatic nitrogens is 1. The van der Waals surface area contributed by atoms with Crippen molar-refractivity contribution in [2.75, 3.05) is 0 Å². The van der Waals surface area contributed by atoms with Crippen LogP contribution < -0.4 is 10.3 Å². The highest BCUT2D eigenvalue weighted by Gasteiger charge is 2.25. The summed E-state index contributed by atoms with van der Waals surface area (Å²) in [5.41, 5.74) is 3.00. The Morgan fingerprint density at radius 2 is 1.90 bits per heavy atom. The normalized spacial score (nSPS) is 18.5. The van der Waals surface area contributed by atoms with E-state index in [4.69, 9.17) is 10.00 Å². The standard InChI is InChI=1S/C25H24N2O3/c26-16-18-6-5-7-19(14-18)17-30-24-11-4-1-8-21(24)20-12-13-27(25(29)15-20)22-9-2-3-10-23(22)28/h1,4-8,11-15,22-23,28H,2-3,9-10,17H2/t22-,23-/m0/s1. The minimum atomic E-state index is -0.470. The molecular weight excluding hydrogens is 376 g/mol. The molecule has 2 aromatic carbocycles. The Morgan fingerprint density at radius 1 is 1.07 bits per heavy atom.